The molecular weight excluding hydrogens is 460 g/mol. The summed E-state index contributed by atoms with van der Waals surface area (Å²) in [7, 11) is 0. The van der Waals surface area contributed by atoms with E-state index in [4.69, 9.17) is 5.73 Å². The van der Waals surface area contributed by atoms with Crippen LogP contribution in [0.5, 0.6) is 0 Å². The van der Waals surface area contributed by atoms with E-state index in [0.717, 1.165) is 23.8 Å². The number of likely N-dealkylation sites (tertiary alicyclic amines) is 1. The molecule has 0 spiro atoms. The third kappa shape index (κ3) is 4.54. The highest BCUT2D eigenvalue weighted by atomic mass is 16.3. The molecule has 5 rings (SSSR count). The number of aliphatic hydroxyl groups excluding tert-OH is 2. The number of nitrogens with zero attached hydrogens (tertiary/aromatic N) is 6. The van der Waals surface area contributed by atoms with Gasteiger partial charge in [-0.15, -0.1) is 0 Å². The molecule has 0 bridgehead atoms. The standard InChI is InChI=1S/C25H30N8O3/c1-2-4-16(8-10-34)29-23-22-20(30-25(26)31-23)11-28-33(22)12-15-6-7-19(18-5-3-9-27-21(15)18)24(36)32-13-17(35)14-32/h3,5-7,9,11,16-17,34-35H,2,4,8,10,12-14H2,1H3,(H3,26,29,30,31). The first kappa shape index (κ1) is 23.9. The van der Waals surface area contributed by atoms with Crippen molar-refractivity contribution < 1.29 is 15.0 Å². The molecule has 5 N–H and O–H groups in total. The normalized spacial score (nSPS) is 14.8. The molecule has 0 saturated carbocycles. The number of nitrogens with two attached hydrogens (primary N) is 1. The molecule has 1 amide bonds. The minimum absolute atomic E-state index is 0.0358. The fourth-order valence-electron chi connectivity index (χ4n) is 4.72. The van der Waals surface area contributed by atoms with Crippen LogP contribution in [0, 0.1) is 0 Å². The molecule has 11 heteroatoms. The van der Waals surface area contributed by atoms with Crippen LogP contribution in [0.15, 0.2) is 36.7 Å². The molecule has 1 saturated heterocycles. The minimum Gasteiger partial charge on any atom is -0.396 e. The van der Waals surface area contributed by atoms with Crippen LogP contribution in [-0.2, 0) is 6.54 Å². The van der Waals surface area contributed by atoms with Gasteiger partial charge in [0.25, 0.3) is 5.91 Å². The summed E-state index contributed by atoms with van der Waals surface area (Å²) in [5, 5.41) is 27.8. The van der Waals surface area contributed by atoms with E-state index in [9.17, 15) is 15.0 Å². The Morgan fingerprint density at radius 1 is 1.25 bits per heavy atom. The van der Waals surface area contributed by atoms with Crippen LogP contribution >= 0.6 is 0 Å². The maximum Gasteiger partial charge on any atom is 0.254 e. The predicted octanol–water partition coefficient (Wildman–Crippen LogP) is 1.78. The van der Waals surface area contributed by atoms with Gasteiger partial charge in [0.2, 0.25) is 5.95 Å². The summed E-state index contributed by atoms with van der Waals surface area (Å²) in [5.41, 5.74) is 9.45. The average molecular weight is 491 g/mol. The maximum atomic E-state index is 13.0. The molecule has 1 fully saturated rings. The highest BCUT2D eigenvalue weighted by Crippen LogP contribution is 2.28. The third-order valence-electron chi connectivity index (χ3n) is 6.51. The number of nitrogen functional groups attached to an aromatic ring is 1. The molecule has 4 aromatic rings. The number of anilines is 2. The monoisotopic (exact) mass is 490 g/mol. The molecule has 1 atom stereocenters. The highest BCUT2D eigenvalue weighted by Gasteiger charge is 2.30. The fourth-order valence-corrected chi connectivity index (χ4v) is 4.72. The first-order valence-corrected chi connectivity index (χ1v) is 12.2. The number of nitrogens with one attached hydrogen (secondary N) is 1. The number of rotatable bonds is 9. The molecule has 1 aromatic carbocycles. The largest absolute Gasteiger partial charge is 0.396 e. The van der Waals surface area contributed by atoms with Crippen molar-refractivity contribution >= 4 is 39.6 Å². The number of aliphatic hydroxyl groups is 2. The molecule has 188 valence electrons. The zero-order valence-electron chi connectivity index (χ0n) is 20.1. The quantitative estimate of drug-likeness (QED) is 0.275. The van der Waals surface area contributed by atoms with Crippen LogP contribution in [0.2, 0.25) is 0 Å². The number of carbonyl (C=O) groups is 1. The van der Waals surface area contributed by atoms with E-state index in [2.05, 4.69) is 32.3 Å². The van der Waals surface area contributed by atoms with E-state index < -0.39 is 6.10 Å². The van der Waals surface area contributed by atoms with Gasteiger partial charge < -0.3 is 26.2 Å². The van der Waals surface area contributed by atoms with Crippen LogP contribution in [-0.4, -0.2) is 77.6 Å². The van der Waals surface area contributed by atoms with Gasteiger partial charge in [-0.25, -0.2) is 4.98 Å². The first-order valence-electron chi connectivity index (χ1n) is 12.2. The number of benzene rings is 1. The smallest absolute Gasteiger partial charge is 0.254 e. The van der Waals surface area contributed by atoms with Crippen LogP contribution < -0.4 is 11.1 Å². The van der Waals surface area contributed by atoms with Gasteiger partial charge in [-0.05, 0) is 30.5 Å². The summed E-state index contributed by atoms with van der Waals surface area (Å²) in [6.45, 7) is 3.23. The number of pyridine rings is 1. The Balaban J connectivity index is 1.52. The molecule has 36 heavy (non-hydrogen) atoms. The number of amides is 1. The second-order valence-electron chi connectivity index (χ2n) is 9.14. The number of fused-ring (bicyclic) bond motifs is 2. The van der Waals surface area contributed by atoms with Crippen LogP contribution in [0.3, 0.4) is 0 Å². The van der Waals surface area contributed by atoms with Crippen molar-refractivity contribution in [1.82, 2.24) is 29.6 Å². The van der Waals surface area contributed by atoms with E-state index in [1.807, 2.05) is 24.3 Å². The molecule has 1 aliphatic heterocycles. The Hall–Kier alpha value is -3.83. The van der Waals surface area contributed by atoms with Crippen molar-refractivity contribution in [2.45, 2.75) is 44.9 Å². The van der Waals surface area contributed by atoms with Gasteiger partial charge in [-0.3, -0.25) is 14.5 Å². The van der Waals surface area contributed by atoms with Crippen LogP contribution in [0.25, 0.3) is 21.9 Å². The molecule has 1 unspecified atom stereocenters. The topological polar surface area (TPSA) is 155 Å². The Morgan fingerprint density at radius 3 is 2.83 bits per heavy atom. The van der Waals surface area contributed by atoms with Crippen LogP contribution in [0.4, 0.5) is 11.8 Å². The van der Waals surface area contributed by atoms with Gasteiger partial charge in [0.15, 0.2) is 5.82 Å². The molecule has 0 aliphatic carbocycles. The predicted molar refractivity (Wildman–Crippen MR) is 137 cm³/mol. The lowest BCUT2D eigenvalue weighted by Gasteiger charge is -2.36. The van der Waals surface area contributed by atoms with Crippen molar-refractivity contribution in [2.24, 2.45) is 0 Å². The molecule has 11 nitrogen and oxygen atoms in total. The zero-order chi connectivity index (χ0) is 25.2. The fraction of sp³-hybridized carbons (Fsp3) is 0.400. The molecule has 3 aromatic heterocycles. The number of hydrogen-bond donors (Lipinski definition) is 4. The molecular formula is C25H30N8O3. The van der Waals surface area contributed by atoms with Crippen molar-refractivity contribution in [3.8, 4) is 0 Å². The molecule has 0 radical (unpaired) electrons. The highest BCUT2D eigenvalue weighted by molar-refractivity contribution is 6.07. The Bertz CT molecular complexity index is 1390. The summed E-state index contributed by atoms with van der Waals surface area (Å²) < 4.78 is 1.80. The average Bonchev–Trinajstić information content (AvgIpc) is 3.24. The summed E-state index contributed by atoms with van der Waals surface area (Å²) in [5.74, 6) is 0.604. The number of carbonyl (C=O) groups excluding carboxylic acids is 1. The van der Waals surface area contributed by atoms with Gasteiger partial charge in [-0.1, -0.05) is 25.5 Å². The second-order valence-corrected chi connectivity index (χ2v) is 9.14. The van der Waals surface area contributed by atoms with Crippen molar-refractivity contribution in [3.63, 3.8) is 0 Å². The Labute approximate surface area is 208 Å². The van der Waals surface area contributed by atoms with E-state index in [-0.39, 0.29) is 24.5 Å². The number of aromatic nitrogens is 5. The molecule has 1 aliphatic rings. The first-order chi connectivity index (χ1) is 17.5. The SMILES string of the molecule is CCCC(CCO)Nc1nc(N)nc2cnn(Cc3ccc(C(=O)N4CC(O)C4)c4cccnc34)c12. The lowest BCUT2D eigenvalue weighted by molar-refractivity contribution is 0.00603. The second kappa shape index (κ2) is 10.0. The maximum absolute atomic E-state index is 13.0. The van der Waals surface area contributed by atoms with Gasteiger partial charge >= 0.3 is 0 Å². The van der Waals surface area contributed by atoms with E-state index in [1.54, 1.807) is 22.0 Å². The minimum atomic E-state index is -0.459. The van der Waals surface area contributed by atoms with E-state index in [1.165, 1.54) is 0 Å². The number of β-amino-alcohol motifs (C(OH)–C–C–N with tert-alkyl or cyclic N) is 1. The summed E-state index contributed by atoms with van der Waals surface area (Å²) in [6, 6.07) is 7.43. The zero-order valence-corrected chi connectivity index (χ0v) is 20.1. The summed E-state index contributed by atoms with van der Waals surface area (Å²) in [6.07, 6.45) is 5.32. The van der Waals surface area contributed by atoms with Crippen molar-refractivity contribution in [2.75, 3.05) is 30.7 Å². The van der Waals surface area contributed by atoms with E-state index >= 15 is 0 Å². The molecule has 4 heterocycles. The van der Waals surface area contributed by atoms with Gasteiger partial charge in [0.1, 0.15) is 11.0 Å². The lowest BCUT2D eigenvalue weighted by Crippen LogP contribution is -2.53. The van der Waals surface area contributed by atoms with Gasteiger partial charge in [0, 0.05) is 42.9 Å². The lowest BCUT2D eigenvalue weighted by atomic mass is 10.0. The Kier molecular flexibility index (Phi) is 6.66. The van der Waals surface area contributed by atoms with E-state index in [0.29, 0.717) is 54.0 Å². The summed E-state index contributed by atoms with van der Waals surface area (Å²) >= 11 is 0. The van der Waals surface area contributed by atoms with Gasteiger partial charge in [-0.2, -0.15) is 10.1 Å². The van der Waals surface area contributed by atoms with Crippen molar-refractivity contribution in [3.05, 3.63) is 47.8 Å². The summed E-state index contributed by atoms with van der Waals surface area (Å²) in [4.78, 5) is 28.0. The third-order valence-corrected chi connectivity index (χ3v) is 6.51. The van der Waals surface area contributed by atoms with Crippen LogP contribution in [0.1, 0.15) is 42.1 Å². The Morgan fingerprint density at radius 2 is 2.08 bits per heavy atom. The van der Waals surface area contributed by atoms with Gasteiger partial charge in [0.05, 0.1) is 24.4 Å². The number of hydrogen-bond acceptors (Lipinski definition) is 9. The van der Waals surface area contributed by atoms with Crippen molar-refractivity contribution in [1.29, 1.82) is 0 Å².